The lowest BCUT2D eigenvalue weighted by Crippen LogP contribution is -2.32. The lowest BCUT2D eigenvalue weighted by molar-refractivity contribution is 0.000524. The van der Waals surface area contributed by atoms with Crippen molar-refractivity contribution >= 4 is 0 Å². The van der Waals surface area contributed by atoms with E-state index in [1.54, 1.807) is 7.11 Å². The normalized spacial score (nSPS) is 16.9. The summed E-state index contributed by atoms with van der Waals surface area (Å²) in [5.74, 6) is 0. The molecule has 1 rings (SSSR count). The largest absolute Gasteiger partial charge is 0.382 e. The molecule has 0 bridgehead atoms. The molecule has 0 aromatic rings. The fourth-order valence-corrected chi connectivity index (χ4v) is 2.06. The Morgan fingerprint density at radius 2 is 1.21 bits per heavy atom. The van der Waals surface area contributed by atoms with Gasteiger partial charge in [0, 0.05) is 13.7 Å². The minimum Gasteiger partial charge on any atom is -0.382 e. The highest BCUT2D eigenvalue weighted by molar-refractivity contribution is 4.63. The molecule has 0 amide bonds. The van der Waals surface area contributed by atoms with Crippen LogP contribution < -0.4 is 0 Å². The highest BCUT2D eigenvalue weighted by Crippen LogP contribution is 2.07. The average Bonchev–Trinajstić information content (AvgIpc) is 2.46. The van der Waals surface area contributed by atoms with Gasteiger partial charge in [0.25, 0.3) is 0 Å². The summed E-state index contributed by atoms with van der Waals surface area (Å²) < 4.78 is 21.1. The fourth-order valence-electron chi connectivity index (χ4n) is 2.06. The zero-order valence-electron chi connectivity index (χ0n) is 12.3. The van der Waals surface area contributed by atoms with Gasteiger partial charge >= 0.3 is 0 Å². The summed E-state index contributed by atoms with van der Waals surface area (Å²) >= 11 is 0. The van der Waals surface area contributed by atoms with Crippen LogP contribution in [0.4, 0.5) is 0 Å². The molecule has 0 aromatic carbocycles. The highest BCUT2D eigenvalue weighted by Gasteiger charge is 2.08. The van der Waals surface area contributed by atoms with E-state index >= 15 is 0 Å². The van der Waals surface area contributed by atoms with E-state index in [0.29, 0.717) is 39.6 Å². The monoisotopic (exact) mass is 275 g/mol. The molecule has 5 nitrogen and oxygen atoms in total. The molecular weight excluding hydrogens is 246 g/mol. The van der Waals surface area contributed by atoms with E-state index < -0.39 is 0 Å². The molecule has 5 heteroatoms. The molecule has 114 valence electrons. The van der Waals surface area contributed by atoms with Crippen LogP contribution in [0.25, 0.3) is 0 Å². The van der Waals surface area contributed by atoms with Gasteiger partial charge in [-0.05, 0) is 25.9 Å². The van der Waals surface area contributed by atoms with Crippen molar-refractivity contribution in [2.24, 2.45) is 0 Å². The van der Waals surface area contributed by atoms with Gasteiger partial charge in [0.05, 0.1) is 46.2 Å². The van der Waals surface area contributed by atoms with E-state index in [1.165, 1.54) is 32.4 Å². The zero-order valence-corrected chi connectivity index (χ0v) is 12.3. The van der Waals surface area contributed by atoms with Gasteiger partial charge in [0.2, 0.25) is 0 Å². The van der Waals surface area contributed by atoms with Crippen LogP contribution in [0.3, 0.4) is 0 Å². The molecular formula is C14H29NO4. The average molecular weight is 275 g/mol. The van der Waals surface area contributed by atoms with Crippen LogP contribution in [0.5, 0.6) is 0 Å². The lowest BCUT2D eigenvalue weighted by atomic mass is 10.1. The zero-order chi connectivity index (χ0) is 13.6. The number of nitrogens with zero attached hydrogens (tertiary/aromatic N) is 1. The minimum atomic E-state index is 0.622. The van der Waals surface area contributed by atoms with Gasteiger partial charge in [-0.3, -0.25) is 0 Å². The summed E-state index contributed by atoms with van der Waals surface area (Å²) in [5.41, 5.74) is 0. The number of hydrogen-bond donors (Lipinski definition) is 0. The van der Waals surface area contributed by atoms with Crippen molar-refractivity contribution in [2.75, 3.05) is 73.0 Å². The molecule has 0 N–H and O–H groups in total. The topological polar surface area (TPSA) is 40.2 Å². The Balaban J connectivity index is 1.71. The van der Waals surface area contributed by atoms with Gasteiger partial charge in [-0.2, -0.15) is 0 Å². The number of hydrogen-bond acceptors (Lipinski definition) is 5. The molecule has 0 atom stereocenters. The highest BCUT2D eigenvalue weighted by atomic mass is 16.6. The number of ether oxygens (including phenoxy) is 4. The molecule has 0 radical (unpaired) electrons. The Hall–Kier alpha value is -0.200. The number of rotatable bonds is 12. The maximum Gasteiger partial charge on any atom is 0.0701 e. The van der Waals surface area contributed by atoms with Gasteiger partial charge in [0.15, 0.2) is 0 Å². The van der Waals surface area contributed by atoms with Crippen molar-refractivity contribution in [2.45, 2.75) is 19.3 Å². The summed E-state index contributed by atoms with van der Waals surface area (Å²) in [5, 5.41) is 0. The molecule has 1 heterocycles. The van der Waals surface area contributed by atoms with Gasteiger partial charge in [-0.15, -0.1) is 0 Å². The Kier molecular flexibility index (Phi) is 11.4. The van der Waals surface area contributed by atoms with Crippen molar-refractivity contribution in [3.63, 3.8) is 0 Å². The third kappa shape index (κ3) is 10.3. The van der Waals surface area contributed by atoms with Gasteiger partial charge in [-0.1, -0.05) is 6.42 Å². The molecule has 19 heavy (non-hydrogen) atoms. The Morgan fingerprint density at radius 1 is 0.684 bits per heavy atom. The lowest BCUT2D eigenvalue weighted by Gasteiger charge is -2.26. The smallest absolute Gasteiger partial charge is 0.0701 e. The molecule has 1 saturated heterocycles. The SMILES string of the molecule is COCCOCCOCCOCCN1CCCCC1. The minimum absolute atomic E-state index is 0.622. The summed E-state index contributed by atoms with van der Waals surface area (Å²) in [6.07, 6.45) is 4.07. The Morgan fingerprint density at radius 3 is 1.79 bits per heavy atom. The van der Waals surface area contributed by atoms with E-state index in [1.807, 2.05) is 0 Å². The quantitative estimate of drug-likeness (QED) is 0.500. The van der Waals surface area contributed by atoms with Crippen LogP contribution in [-0.4, -0.2) is 77.9 Å². The van der Waals surface area contributed by atoms with Crippen molar-refractivity contribution in [3.8, 4) is 0 Å². The maximum atomic E-state index is 5.55. The molecule has 1 aliphatic rings. The first-order chi connectivity index (χ1) is 9.43. The molecule has 0 aromatic heterocycles. The van der Waals surface area contributed by atoms with Crippen molar-refractivity contribution in [1.82, 2.24) is 4.90 Å². The van der Waals surface area contributed by atoms with E-state index in [0.717, 1.165) is 13.2 Å². The van der Waals surface area contributed by atoms with Gasteiger partial charge < -0.3 is 23.8 Å². The van der Waals surface area contributed by atoms with E-state index in [4.69, 9.17) is 18.9 Å². The van der Waals surface area contributed by atoms with Gasteiger partial charge in [-0.25, -0.2) is 0 Å². The summed E-state index contributed by atoms with van der Waals surface area (Å²) in [6, 6.07) is 0. The second-order valence-corrected chi connectivity index (χ2v) is 4.73. The van der Waals surface area contributed by atoms with Crippen LogP contribution in [-0.2, 0) is 18.9 Å². The van der Waals surface area contributed by atoms with Crippen LogP contribution in [0, 0.1) is 0 Å². The third-order valence-electron chi connectivity index (χ3n) is 3.18. The third-order valence-corrected chi connectivity index (χ3v) is 3.18. The second-order valence-electron chi connectivity index (χ2n) is 4.73. The first-order valence-electron chi connectivity index (χ1n) is 7.38. The van der Waals surface area contributed by atoms with Crippen molar-refractivity contribution < 1.29 is 18.9 Å². The van der Waals surface area contributed by atoms with Crippen molar-refractivity contribution in [1.29, 1.82) is 0 Å². The molecule has 1 fully saturated rings. The Bertz CT molecular complexity index is 186. The first-order valence-corrected chi connectivity index (χ1v) is 7.38. The summed E-state index contributed by atoms with van der Waals surface area (Å²) in [6.45, 7) is 8.17. The number of likely N-dealkylation sites (tertiary alicyclic amines) is 1. The molecule has 0 spiro atoms. The number of piperidine rings is 1. The molecule has 0 aliphatic carbocycles. The maximum absolute atomic E-state index is 5.55. The summed E-state index contributed by atoms with van der Waals surface area (Å²) in [4.78, 5) is 2.48. The molecule has 0 unspecified atom stereocenters. The second kappa shape index (κ2) is 12.8. The molecule has 1 aliphatic heterocycles. The van der Waals surface area contributed by atoms with E-state index in [-0.39, 0.29) is 0 Å². The van der Waals surface area contributed by atoms with Crippen LogP contribution in [0.15, 0.2) is 0 Å². The standard InChI is InChI=1S/C14H29NO4/c1-16-9-10-18-13-14-19-12-11-17-8-7-15-5-3-2-4-6-15/h2-14H2,1H3. The van der Waals surface area contributed by atoms with Crippen LogP contribution >= 0.6 is 0 Å². The predicted molar refractivity (Wildman–Crippen MR) is 74.6 cm³/mol. The van der Waals surface area contributed by atoms with Crippen molar-refractivity contribution in [3.05, 3.63) is 0 Å². The molecule has 0 saturated carbocycles. The van der Waals surface area contributed by atoms with Crippen LogP contribution in [0.2, 0.25) is 0 Å². The number of methoxy groups -OCH3 is 1. The van der Waals surface area contributed by atoms with Crippen LogP contribution in [0.1, 0.15) is 19.3 Å². The Labute approximate surface area is 117 Å². The summed E-state index contributed by atoms with van der Waals surface area (Å²) in [7, 11) is 1.67. The van der Waals surface area contributed by atoms with E-state index in [9.17, 15) is 0 Å². The fraction of sp³-hybridized carbons (Fsp3) is 1.00. The predicted octanol–water partition coefficient (Wildman–Crippen LogP) is 1.17. The van der Waals surface area contributed by atoms with Gasteiger partial charge in [0.1, 0.15) is 0 Å². The first kappa shape index (κ1) is 16.9. The van der Waals surface area contributed by atoms with E-state index in [2.05, 4.69) is 4.90 Å².